The minimum absolute atomic E-state index is 0.117. The van der Waals surface area contributed by atoms with Crippen LogP contribution in [-0.2, 0) is 9.84 Å². The van der Waals surface area contributed by atoms with Gasteiger partial charge in [0.2, 0.25) is 0 Å². The van der Waals surface area contributed by atoms with Crippen LogP contribution in [0.4, 0.5) is 0 Å². The lowest BCUT2D eigenvalue weighted by molar-refractivity contribution is 0.166. The number of rotatable bonds is 5. The topological polar surface area (TPSA) is 54.4 Å². The highest BCUT2D eigenvalue weighted by Gasteiger charge is 2.13. The summed E-state index contributed by atoms with van der Waals surface area (Å²) in [5, 5.41) is 9.99. The first-order valence-electron chi connectivity index (χ1n) is 5.10. The molecule has 0 fully saturated rings. The molecule has 6 heteroatoms. The van der Waals surface area contributed by atoms with E-state index in [1.165, 1.54) is 6.26 Å². The lowest BCUT2D eigenvalue weighted by atomic mass is 10.1. The zero-order chi connectivity index (χ0) is 13.1. The second-order valence-corrected chi connectivity index (χ2v) is 8.31. The van der Waals surface area contributed by atoms with Crippen LogP contribution in [0.5, 0.6) is 0 Å². The van der Waals surface area contributed by atoms with Crippen molar-refractivity contribution in [3.05, 3.63) is 31.8 Å². The first-order valence-corrected chi connectivity index (χ1v) is 9.03. The first-order chi connectivity index (χ1) is 7.79. The highest BCUT2D eigenvalue weighted by molar-refractivity contribution is 14.1. The third-order valence-corrected chi connectivity index (χ3v) is 4.73. The fourth-order valence-corrected chi connectivity index (χ4v) is 3.18. The third-order valence-electron chi connectivity index (χ3n) is 2.31. The molecule has 0 aliphatic rings. The van der Waals surface area contributed by atoms with Gasteiger partial charge < -0.3 is 5.11 Å². The Hall–Kier alpha value is 0.340. The van der Waals surface area contributed by atoms with E-state index in [1.807, 2.05) is 18.2 Å². The molecule has 0 aromatic heterocycles. The maximum Gasteiger partial charge on any atom is 0.147 e. The Morgan fingerprint density at radius 2 is 2.12 bits per heavy atom. The van der Waals surface area contributed by atoms with E-state index in [0.717, 1.165) is 13.6 Å². The zero-order valence-corrected chi connectivity index (χ0v) is 13.9. The number of hydrogen-bond donors (Lipinski definition) is 1. The van der Waals surface area contributed by atoms with Gasteiger partial charge in [-0.2, -0.15) is 0 Å². The second-order valence-electron chi connectivity index (χ2n) is 3.95. The third kappa shape index (κ3) is 5.67. The standard InChI is InChI=1S/C11H14BrIO3S/c1-17(15,16)6-2-3-11(14)9-7-8(13)4-5-10(9)12/h4-5,7,11,14H,2-3,6H2,1H3. The molecule has 1 aromatic rings. The van der Waals surface area contributed by atoms with Crippen LogP contribution in [0, 0.1) is 3.57 Å². The molecule has 0 aliphatic heterocycles. The molecule has 0 radical (unpaired) electrons. The van der Waals surface area contributed by atoms with Gasteiger partial charge in [0, 0.05) is 20.1 Å². The summed E-state index contributed by atoms with van der Waals surface area (Å²) in [5.74, 6) is 0.117. The van der Waals surface area contributed by atoms with E-state index in [-0.39, 0.29) is 5.75 Å². The van der Waals surface area contributed by atoms with Crippen molar-refractivity contribution in [2.75, 3.05) is 12.0 Å². The smallest absolute Gasteiger partial charge is 0.147 e. The Balaban J connectivity index is 2.64. The fraction of sp³-hybridized carbons (Fsp3) is 0.455. The van der Waals surface area contributed by atoms with Crippen LogP contribution in [0.3, 0.4) is 0 Å². The molecule has 0 saturated heterocycles. The van der Waals surface area contributed by atoms with Crippen molar-refractivity contribution in [3.63, 3.8) is 0 Å². The predicted octanol–water partition coefficient (Wildman–Crippen LogP) is 2.91. The molecule has 0 spiro atoms. The number of aliphatic hydroxyl groups excluding tert-OH is 1. The van der Waals surface area contributed by atoms with Crippen molar-refractivity contribution < 1.29 is 13.5 Å². The quantitative estimate of drug-likeness (QED) is 0.728. The van der Waals surface area contributed by atoms with E-state index in [9.17, 15) is 13.5 Å². The number of sulfone groups is 1. The molecular weight excluding hydrogens is 419 g/mol. The van der Waals surface area contributed by atoms with Crippen molar-refractivity contribution in [1.29, 1.82) is 0 Å². The summed E-state index contributed by atoms with van der Waals surface area (Å²) in [6.07, 6.45) is 1.51. The minimum Gasteiger partial charge on any atom is -0.388 e. The molecule has 0 bridgehead atoms. The van der Waals surface area contributed by atoms with Crippen molar-refractivity contribution in [1.82, 2.24) is 0 Å². The van der Waals surface area contributed by atoms with E-state index in [0.29, 0.717) is 12.8 Å². The van der Waals surface area contributed by atoms with E-state index >= 15 is 0 Å². The number of aliphatic hydroxyl groups is 1. The Labute approximate surface area is 124 Å². The van der Waals surface area contributed by atoms with E-state index in [4.69, 9.17) is 0 Å². The summed E-state index contributed by atoms with van der Waals surface area (Å²) in [6, 6.07) is 5.73. The van der Waals surface area contributed by atoms with Gasteiger partial charge in [-0.05, 0) is 59.2 Å². The Kier molecular flexibility index (Phi) is 5.88. The molecule has 96 valence electrons. The van der Waals surface area contributed by atoms with Crippen molar-refractivity contribution in [3.8, 4) is 0 Å². The van der Waals surface area contributed by atoms with Gasteiger partial charge in [0.05, 0.1) is 6.10 Å². The Morgan fingerprint density at radius 1 is 1.47 bits per heavy atom. The molecule has 0 amide bonds. The van der Waals surface area contributed by atoms with Gasteiger partial charge in [-0.15, -0.1) is 0 Å². The van der Waals surface area contributed by atoms with Gasteiger partial charge >= 0.3 is 0 Å². The maximum absolute atomic E-state index is 11.0. The second kappa shape index (κ2) is 6.49. The van der Waals surface area contributed by atoms with Crippen LogP contribution < -0.4 is 0 Å². The van der Waals surface area contributed by atoms with Crippen LogP contribution in [0.15, 0.2) is 22.7 Å². The molecule has 0 saturated carbocycles. The van der Waals surface area contributed by atoms with E-state index in [1.54, 1.807) is 0 Å². The summed E-state index contributed by atoms with van der Waals surface area (Å²) >= 11 is 5.56. The van der Waals surface area contributed by atoms with Gasteiger partial charge in [0.15, 0.2) is 0 Å². The highest BCUT2D eigenvalue weighted by Crippen LogP contribution is 2.28. The minimum atomic E-state index is -2.94. The molecule has 1 rings (SSSR count). The van der Waals surface area contributed by atoms with Gasteiger partial charge in [-0.25, -0.2) is 8.42 Å². The first kappa shape index (κ1) is 15.4. The van der Waals surface area contributed by atoms with Crippen LogP contribution in [0.1, 0.15) is 24.5 Å². The van der Waals surface area contributed by atoms with Gasteiger partial charge in [-0.1, -0.05) is 15.9 Å². The lowest BCUT2D eigenvalue weighted by Crippen LogP contribution is -2.06. The molecule has 3 nitrogen and oxygen atoms in total. The maximum atomic E-state index is 11.0. The molecule has 17 heavy (non-hydrogen) atoms. The Bertz CT molecular complexity index is 487. The molecule has 1 N–H and O–H groups in total. The molecular formula is C11H14BrIO3S. The summed E-state index contributed by atoms with van der Waals surface area (Å²) in [6.45, 7) is 0. The molecule has 1 unspecified atom stereocenters. The number of halogens is 2. The lowest BCUT2D eigenvalue weighted by Gasteiger charge is -2.13. The fourth-order valence-electron chi connectivity index (χ4n) is 1.46. The van der Waals surface area contributed by atoms with E-state index in [2.05, 4.69) is 38.5 Å². The summed E-state index contributed by atoms with van der Waals surface area (Å²) in [5.41, 5.74) is 0.811. The van der Waals surface area contributed by atoms with Crippen molar-refractivity contribution in [2.24, 2.45) is 0 Å². The Morgan fingerprint density at radius 3 is 2.71 bits per heavy atom. The molecule has 0 heterocycles. The average Bonchev–Trinajstić information content (AvgIpc) is 2.19. The number of benzene rings is 1. The van der Waals surface area contributed by atoms with Crippen molar-refractivity contribution >= 4 is 48.4 Å². The monoisotopic (exact) mass is 432 g/mol. The highest BCUT2D eigenvalue weighted by atomic mass is 127. The average molecular weight is 433 g/mol. The molecule has 0 aliphatic carbocycles. The largest absolute Gasteiger partial charge is 0.388 e. The summed E-state index contributed by atoms with van der Waals surface area (Å²) in [7, 11) is -2.94. The summed E-state index contributed by atoms with van der Waals surface area (Å²) in [4.78, 5) is 0. The van der Waals surface area contributed by atoms with Crippen LogP contribution in [0.2, 0.25) is 0 Å². The normalized spacial score (nSPS) is 13.6. The van der Waals surface area contributed by atoms with Crippen LogP contribution >= 0.6 is 38.5 Å². The molecule has 1 atom stereocenters. The zero-order valence-electron chi connectivity index (χ0n) is 9.36. The van der Waals surface area contributed by atoms with Crippen LogP contribution in [0.25, 0.3) is 0 Å². The van der Waals surface area contributed by atoms with E-state index < -0.39 is 15.9 Å². The van der Waals surface area contributed by atoms with Gasteiger partial charge in [0.1, 0.15) is 9.84 Å². The van der Waals surface area contributed by atoms with Crippen molar-refractivity contribution in [2.45, 2.75) is 18.9 Å². The molecule has 1 aromatic carbocycles. The van der Waals surface area contributed by atoms with Crippen LogP contribution in [-0.4, -0.2) is 25.5 Å². The SMILES string of the molecule is CS(=O)(=O)CCCC(O)c1cc(I)ccc1Br. The number of hydrogen-bond acceptors (Lipinski definition) is 3. The predicted molar refractivity (Wildman–Crippen MR) is 80.8 cm³/mol. The summed E-state index contributed by atoms with van der Waals surface area (Å²) < 4.78 is 23.9. The van der Waals surface area contributed by atoms with Gasteiger partial charge in [-0.3, -0.25) is 0 Å². The van der Waals surface area contributed by atoms with Gasteiger partial charge in [0.25, 0.3) is 0 Å².